The Kier molecular flexibility index (Phi) is 3.89. The molecule has 2 aliphatic heterocycles. The van der Waals surface area contributed by atoms with Crippen LogP contribution in [-0.2, 0) is 21.2 Å². The molecule has 1 fully saturated rings. The first kappa shape index (κ1) is 16.3. The number of carbonyl (C=O) groups is 1. The molecular formula is C19H20N2O3S. The summed E-state index contributed by atoms with van der Waals surface area (Å²) in [5.41, 5.74) is 3.26. The zero-order chi connectivity index (χ0) is 17.6. The van der Waals surface area contributed by atoms with E-state index in [0.29, 0.717) is 13.1 Å². The first-order valence-electron chi connectivity index (χ1n) is 8.41. The minimum atomic E-state index is -3.68. The van der Waals surface area contributed by atoms with Crippen LogP contribution in [0.15, 0.2) is 53.4 Å². The van der Waals surface area contributed by atoms with Crippen LogP contribution < -0.4 is 0 Å². The third kappa shape index (κ3) is 2.75. The second-order valence-corrected chi connectivity index (χ2v) is 8.60. The van der Waals surface area contributed by atoms with Gasteiger partial charge in [0.1, 0.15) is 0 Å². The van der Waals surface area contributed by atoms with Crippen molar-refractivity contribution in [1.82, 2.24) is 9.21 Å². The van der Waals surface area contributed by atoms with E-state index in [4.69, 9.17) is 0 Å². The van der Waals surface area contributed by atoms with Crippen LogP contribution in [0, 0.1) is 6.92 Å². The van der Waals surface area contributed by atoms with Crippen LogP contribution in [0.5, 0.6) is 0 Å². The fraction of sp³-hybridized carbons (Fsp3) is 0.316. The summed E-state index contributed by atoms with van der Waals surface area (Å²) in [6, 6.07) is 14.6. The summed E-state index contributed by atoms with van der Waals surface area (Å²) in [5, 5.41) is 0. The number of benzene rings is 2. The number of hydrogen-bond donors (Lipinski definition) is 0. The number of carbonyl (C=O) groups excluding carboxylic acids is 1. The highest BCUT2D eigenvalue weighted by Gasteiger charge is 2.41. The summed E-state index contributed by atoms with van der Waals surface area (Å²) < 4.78 is 27.3. The van der Waals surface area contributed by atoms with E-state index in [2.05, 4.69) is 6.07 Å². The van der Waals surface area contributed by atoms with Gasteiger partial charge in [-0.3, -0.25) is 4.79 Å². The van der Waals surface area contributed by atoms with E-state index in [1.165, 1.54) is 9.87 Å². The number of amides is 1. The van der Waals surface area contributed by atoms with Gasteiger partial charge in [-0.1, -0.05) is 42.0 Å². The van der Waals surface area contributed by atoms with Crippen molar-refractivity contribution in [2.45, 2.75) is 24.3 Å². The lowest BCUT2D eigenvalue weighted by molar-refractivity contribution is -0.138. The van der Waals surface area contributed by atoms with Gasteiger partial charge in [0.2, 0.25) is 15.9 Å². The van der Waals surface area contributed by atoms with Crippen LogP contribution in [0.3, 0.4) is 0 Å². The van der Waals surface area contributed by atoms with Gasteiger partial charge in [0, 0.05) is 13.1 Å². The number of fused-ring (bicyclic) bond motifs is 3. The minimum absolute atomic E-state index is 0.0884. The van der Waals surface area contributed by atoms with Crippen molar-refractivity contribution in [2.24, 2.45) is 0 Å². The number of hydrogen-bond acceptors (Lipinski definition) is 3. The van der Waals surface area contributed by atoms with E-state index >= 15 is 0 Å². The summed E-state index contributed by atoms with van der Waals surface area (Å²) in [5.74, 6) is -0.124. The first-order chi connectivity index (χ1) is 12.0. The molecule has 2 aromatic rings. The molecule has 1 atom stereocenters. The molecular weight excluding hydrogens is 336 g/mol. The fourth-order valence-electron chi connectivity index (χ4n) is 3.69. The van der Waals surface area contributed by atoms with Gasteiger partial charge in [0.05, 0.1) is 17.5 Å². The lowest BCUT2D eigenvalue weighted by Crippen LogP contribution is -2.55. The molecule has 1 saturated heterocycles. The molecule has 0 radical (unpaired) electrons. The number of sulfonamides is 1. The number of rotatable bonds is 2. The molecule has 0 bridgehead atoms. The van der Waals surface area contributed by atoms with Crippen LogP contribution >= 0.6 is 0 Å². The van der Waals surface area contributed by atoms with E-state index in [-0.39, 0.29) is 23.4 Å². The third-order valence-corrected chi connectivity index (χ3v) is 6.91. The monoisotopic (exact) mass is 356 g/mol. The van der Waals surface area contributed by atoms with Crippen molar-refractivity contribution >= 4 is 15.9 Å². The summed E-state index contributed by atoms with van der Waals surface area (Å²) in [6.07, 6.45) is 0.823. The quantitative estimate of drug-likeness (QED) is 0.828. The molecule has 0 aromatic heterocycles. The van der Waals surface area contributed by atoms with Crippen LogP contribution in [0.1, 0.15) is 22.7 Å². The predicted octanol–water partition coefficient (Wildman–Crippen LogP) is 2.13. The first-order valence-corrected chi connectivity index (χ1v) is 9.85. The molecule has 2 aliphatic rings. The van der Waals surface area contributed by atoms with E-state index in [0.717, 1.165) is 17.5 Å². The Bertz CT molecular complexity index is 922. The van der Waals surface area contributed by atoms with Gasteiger partial charge in [0.15, 0.2) is 0 Å². The Morgan fingerprint density at radius 2 is 1.76 bits per heavy atom. The summed E-state index contributed by atoms with van der Waals surface area (Å²) in [6.45, 7) is 2.78. The smallest absolute Gasteiger partial charge is 0.243 e. The Morgan fingerprint density at radius 3 is 2.52 bits per heavy atom. The molecule has 0 spiro atoms. The maximum absolute atomic E-state index is 13.0. The highest BCUT2D eigenvalue weighted by atomic mass is 32.2. The van der Waals surface area contributed by atoms with Gasteiger partial charge in [-0.05, 0) is 36.6 Å². The van der Waals surface area contributed by atoms with Gasteiger partial charge in [-0.25, -0.2) is 8.42 Å². The van der Waals surface area contributed by atoms with E-state index < -0.39 is 10.0 Å². The summed E-state index contributed by atoms with van der Waals surface area (Å²) in [4.78, 5) is 14.7. The topological polar surface area (TPSA) is 57.7 Å². The highest BCUT2D eigenvalue weighted by Crippen LogP contribution is 2.34. The van der Waals surface area contributed by atoms with Gasteiger partial charge in [-0.15, -0.1) is 0 Å². The molecule has 6 heteroatoms. The molecule has 2 heterocycles. The molecule has 0 unspecified atom stereocenters. The molecule has 0 saturated carbocycles. The number of aryl methyl sites for hydroxylation is 1. The van der Waals surface area contributed by atoms with Crippen molar-refractivity contribution in [1.29, 1.82) is 0 Å². The lowest BCUT2D eigenvalue weighted by atomic mass is 9.91. The average molecular weight is 356 g/mol. The lowest BCUT2D eigenvalue weighted by Gasteiger charge is -2.44. The molecule has 0 aliphatic carbocycles. The van der Waals surface area contributed by atoms with E-state index in [9.17, 15) is 13.2 Å². The van der Waals surface area contributed by atoms with Crippen molar-refractivity contribution in [3.63, 3.8) is 0 Å². The van der Waals surface area contributed by atoms with Gasteiger partial charge in [-0.2, -0.15) is 4.31 Å². The molecule has 0 N–H and O–H groups in total. The van der Waals surface area contributed by atoms with Crippen molar-refractivity contribution in [3.05, 3.63) is 65.2 Å². The van der Waals surface area contributed by atoms with Gasteiger partial charge in [0.25, 0.3) is 0 Å². The Hall–Kier alpha value is -2.18. The van der Waals surface area contributed by atoms with Gasteiger partial charge < -0.3 is 4.90 Å². The average Bonchev–Trinajstić information content (AvgIpc) is 2.62. The zero-order valence-corrected chi connectivity index (χ0v) is 14.9. The number of nitrogens with zero attached hydrogens (tertiary/aromatic N) is 2. The standard InChI is InChI=1S/C19H20N2O3S/c1-14-6-8-16(9-7-14)25(23,24)20-12-18-17-5-3-2-4-15(17)10-11-21(18)19(22)13-20/h2-9,18H,10-13H2,1H3/t18-/m1/s1. The fourth-order valence-corrected chi connectivity index (χ4v) is 5.08. The maximum atomic E-state index is 13.0. The molecule has 25 heavy (non-hydrogen) atoms. The van der Waals surface area contributed by atoms with Crippen molar-refractivity contribution in [3.8, 4) is 0 Å². The normalized spacial score (nSPS) is 20.9. The van der Waals surface area contributed by atoms with Crippen molar-refractivity contribution in [2.75, 3.05) is 19.6 Å². The zero-order valence-electron chi connectivity index (χ0n) is 14.1. The Balaban J connectivity index is 1.70. The highest BCUT2D eigenvalue weighted by molar-refractivity contribution is 7.89. The van der Waals surface area contributed by atoms with Crippen LogP contribution in [0.4, 0.5) is 0 Å². The van der Waals surface area contributed by atoms with E-state index in [1.807, 2.05) is 30.0 Å². The predicted molar refractivity (Wildman–Crippen MR) is 94.5 cm³/mol. The second kappa shape index (κ2) is 5.97. The van der Waals surface area contributed by atoms with Crippen LogP contribution in [-0.4, -0.2) is 43.2 Å². The molecule has 4 rings (SSSR count). The largest absolute Gasteiger partial charge is 0.333 e. The molecule has 5 nitrogen and oxygen atoms in total. The summed E-state index contributed by atoms with van der Waals surface area (Å²) in [7, 11) is -3.68. The van der Waals surface area contributed by atoms with Gasteiger partial charge >= 0.3 is 0 Å². The Labute approximate surface area is 147 Å². The minimum Gasteiger partial charge on any atom is -0.333 e. The van der Waals surface area contributed by atoms with E-state index in [1.54, 1.807) is 24.3 Å². The second-order valence-electron chi connectivity index (χ2n) is 6.66. The molecule has 2 aromatic carbocycles. The number of piperazine rings is 1. The van der Waals surface area contributed by atoms with Crippen LogP contribution in [0.2, 0.25) is 0 Å². The van der Waals surface area contributed by atoms with Crippen molar-refractivity contribution < 1.29 is 13.2 Å². The maximum Gasteiger partial charge on any atom is 0.243 e. The summed E-state index contributed by atoms with van der Waals surface area (Å²) >= 11 is 0. The third-order valence-electron chi connectivity index (χ3n) is 5.08. The SMILES string of the molecule is Cc1ccc(S(=O)(=O)N2CC(=O)N3CCc4ccccc4[C@H]3C2)cc1. The Morgan fingerprint density at radius 1 is 1.04 bits per heavy atom. The molecule has 1 amide bonds. The van der Waals surface area contributed by atoms with Crippen LogP contribution in [0.25, 0.3) is 0 Å². The molecule has 130 valence electrons.